The van der Waals surface area contributed by atoms with Gasteiger partial charge in [0.2, 0.25) is 0 Å². The average Bonchev–Trinajstić information content (AvgIpc) is 3.23. The Bertz CT molecular complexity index is 1080. The Labute approximate surface area is 172 Å². The Hall–Kier alpha value is -3.40. The number of nitrogens with two attached hydrogens (primary N) is 1. The number of fused-ring (bicyclic) bond motifs is 1. The van der Waals surface area contributed by atoms with Gasteiger partial charge in [0.1, 0.15) is 0 Å². The molecule has 4 aromatic rings. The molecule has 4 nitrogen and oxygen atoms in total. The van der Waals surface area contributed by atoms with E-state index in [1.54, 1.807) is 0 Å². The molecule has 0 radical (unpaired) electrons. The lowest BCUT2D eigenvalue weighted by Gasteiger charge is -2.11. The maximum atomic E-state index is 8.30. The second-order valence-corrected chi connectivity index (χ2v) is 7.14. The second kappa shape index (κ2) is 9.69. The molecule has 0 spiro atoms. The average molecular weight is 385 g/mol. The smallest absolute Gasteiger partial charge is 0.0407 e. The van der Waals surface area contributed by atoms with Gasteiger partial charge in [-0.2, -0.15) is 0 Å². The van der Waals surface area contributed by atoms with Crippen molar-refractivity contribution in [3.63, 3.8) is 0 Å². The van der Waals surface area contributed by atoms with Gasteiger partial charge in [0.25, 0.3) is 0 Å². The highest BCUT2D eigenvalue weighted by Crippen LogP contribution is 2.30. The van der Waals surface area contributed by atoms with Crippen LogP contribution >= 0.6 is 0 Å². The number of nitrogen functional groups attached to an aromatic ring is 1. The third-order valence-electron chi connectivity index (χ3n) is 4.89. The topological polar surface area (TPSA) is 67.7 Å². The van der Waals surface area contributed by atoms with Gasteiger partial charge in [-0.05, 0) is 48.1 Å². The SMILES string of the molecule is CCCCC(=N)c1cc(-c2cncc3ccccc23)ccc1N.Cn1cccc1. The van der Waals surface area contributed by atoms with Crippen LogP contribution in [0.3, 0.4) is 0 Å². The number of aryl methyl sites for hydroxylation is 1. The quantitative estimate of drug-likeness (QED) is 0.324. The lowest BCUT2D eigenvalue weighted by molar-refractivity contribution is 0.833. The van der Waals surface area contributed by atoms with Crippen molar-refractivity contribution in [3.05, 3.63) is 84.9 Å². The van der Waals surface area contributed by atoms with Gasteiger partial charge in [0.05, 0.1) is 0 Å². The molecule has 2 aromatic carbocycles. The number of anilines is 1. The summed E-state index contributed by atoms with van der Waals surface area (Å²) < 4.78 is 2.00. The Morgan fingerprint density at radius 1 is 1.03 bits per heavy atom. The molecule has 0 saturated carbocycles. The van der Waals surface area contributed by atoms with Gasteiger partial charge in [-0.15, -0.1) is 0 Å². The fourth-order valence-electron chi connectivity index (χ4n) is 3.24. The zero-order valence-corrected chi connectivity index (χ0v) is 17.1. The van der Waals surface area contributed by atoms with Gasteiger partial charge in [0.15, 0.2) is 0 Å². The highest BCUT2D eigenvalue weighted by Gasteiger charge is 2.10. The van der Waals surface area contributed by atoms with Crippen LogP contribution in [0.2, 0.25) is 0 Å². The highest BCUT2D eigenvalue weighted by atomic mass is 14.9. The summed E-state index contributed by atoms with van der Waals surface area (Å²) in [5.41, 5.74) is 10.3. The third kappa shape index (κ3) is 5.11. The maximum Gasteiger partial charge on any atom is 0.0407 e. The van der Waals surface area contributed by atoms with E-state index in [0.717, 1.165) is 41.3 Å². The van der Waals surface area contributed by atoms with Gasteiger partial charge >= 0.3 is 0 Å². The van der Waals surface area contributed by atoms with Crippen LogP contribution in [0.4, 0.5) is 5.69 Å². The van der Waals surface area contributed by atoms with E-state index < -0.39 is 0 Å². The van der Waals surface area contributed by atoms with E-state index in [2.05, 4.69) is 24.0 Å². The summed E-state index contributed by atoms with van der Waals surface area (Å²) in [5.74, 6) is 0. The monoisotopic (exact) mass is 384 g/mol. The van der Waals surface area contributed by atoms with Crippen molar-refractivity contribution < 1.29 is 0 Å². The first-order chi connectivity index (χ1) is 14.1. The summed E-state index contributed by atoms with van der Waals surface area (Å²) in [6.07, 6.45) is 10.6. The molecule has 0 aliphatic heterocycles. The largest absolute Gasteiger partial charge is 0.398 e. The summed E-state index contributed by atoms with van der Waals surface area (Å²) in [6, 6.07) is 18.1. The van der Waals surface area contributed by atoms with Gasteiger partial charge in [-0.1, -0.05) is 43.7 Å². The number of benzene rings is 2. The first-order valence-electron chi connectivity index (χ1n) is 9.97. The number of hydrogen-bond acceptors (Lipinski definition) is 3. The van der Waals surface area contributed by atoms with Gasteiger partial charge in [-0.25, -0.2) is 0 Å². The number of unbranched alkanes of at least 4 members (excludes halogenated alkanes) is 1. The third-order valence-corrected chi connectivity index (χ3v) is 4.89. The molecule has 29 heavy (non-hydrogen) atoms. The minimum atomic E-state index is 0.611. The Kier molecular flexibility index (Phi) is 6.80. The van der Waals surface area contributed by atoms with Crippen LogP contribution in [0.1, 0.15) is 31.7 Å². The number of nitrogens with zero attached hydrogens (tertiary/aromatic N) is 2. The van der Waals surface area contributed by atoms with Gasteiger partial charge in [0, 0.05) is 59.7 Å². The van der Waals surface area contributed by atoms with Gasteiger partial charge in [-0.3, -0.25) is 4.98 Å². The van der Waals surface area contributed by atoms with E-state index >= 15 is 0 Å². The highest BCUT2D eigenvalue weighted by molar-refractivity contribution is 6.05. The van der Waals surface area contributed by atoms with E-state index in [9.17, 15) is 0 Å². The Morgan fingerprint density at radius 3 is 2.48 bits per heavy atom. The molecule has 0 aliphatic carbocycles. The van der Waals surface area contributed by atoms with E-state index in [4.69, 9.17) is 11.1 Å². The fourth-order valence-corrected chi connectivity index (χ4v) is 3.24. The van der Waals surface area contributed by atoms with Crippen molar-refractivity contribution in [1.29, 1.82) is 5.41 Å². The standard InChI is InChI=1S/C20H21N3.C5H7N/c1-2-3-8-19(21)17-11-14(9-10-20(17)22)18-13-23-12-15-6-4-5-7-16(15)18;1-6-4-2-3-5-6/h4-7,9-13,21H,2-3,8,22H2,1H3;2-5H,1H3. The van der Waals surface area contributed by atoms with E-state index in [1.165, 1.54) is 5.39 Å². The predicted molar refractivity (Wildman–Crippen MR) is 123 cm³/mol. The molecule has 0 bridgehead atoms. The molecule has 0 amide bonds. The van der Waals surface area contributed by atoms with Crippen molar-refractivity contribution in [1.82, 2.24) is 9.55 Å². The first kappa shape index (κ1) is 20.3. The zero-order valence-electron chi connectivity index (χ0n) is 17.1. The van der Waals surface area contributed by atoms with Crippen molar-refractivity contribution in [2.24, 2.45) is 7.05 Å². The molecule has 4 heteroatoms. The normalized spacial score (nSPS) is 10.4. The van der Waals surface area contributed by atoms with Gasteiger partial charge < -0.3 is 15.7 Å². The summed E-state index contributed by atoms with van der Waals surface area (Å²) in [7, 11) is 2.00. The van der Waals surface area contributed by atoms with Crippen LogP contribution in [-0.2, 0) is 7.05 Å². The lowest BCUT2D eigenvalue weighted by Crippen LogP contribution is -2.04. The zero-order chi connectivity index (χ0) is 20.6. The van der Waals surface area contributed by atoms with E-state index in [1.807, 2.05) is 78.9 Å². The molecule has 0 fully saturated rings. The second-order valence-electron chi connectivity index (χ2n) is 7.14. The molecule has 2 aromatic heterocycles. The first-order valence-corrected chi connectivity index (χ1v) is 9.97. The summed E-state index contributed by atoms with van der Waals surface area (Å²) in [6.45, 7) is 2.13. The molecule has 0 atom stereocenters. The number of hydrogen-bond donors (Lipinski definition) is 2. The minimum absolute atomic E-state index is 0.611. The summed E-state index contributed by atoms with van der Waals surface area (Å²) in [4.78, 5) is 4.35. The molecule has 0 aliphatic rings. The maximum absolute atomic E-state index is 8.30. The predicted octanol–water partition coefficient (Wildman–Crippen LogP) is 6.07. The Morgan fingerprint density at radius 2 is 1.79 bits per heavy atom. The van der Waals surface area contributed by atoms with Crippen LogP contribution in [-0.4, -0.2) is 15.3 Å². The van der Waals surface area contributed by atoms with Crippen molar-refractivity contribution in [3.8, 4) is 11.1 Å². The van der Waals surface area contributed by atoms with Crippen LogP contribution in [0, 0.1) is 5.41 Å². The molecule has 0 unspecified atom stereocenters. The summed E-state index contributed by atoms with van der Waals surface area (Å²) >= 11 is 0. The number of rotatable bonds is 5. The Balaban J connectivity index is 0.000000343. The lowest BCUT2D eigenvalue weighted by atomic mass is 9.95. The fraction of sp³-hybridized carbons (Fsp3) is 0.200. The minimum Gasteiger partial charge on any atom is -0.398 e. The number of aromatic nitrogens is 2. The molecular weight excluding hydrogens is 356 g/mol. The van der Waals surface area contributed by atoms with Crippen molar-refractivity contribution in [2.75, 3.05) is 5.73 Å². The van der Waals surface area contributed by atoms with Crippen LogP contribution in [0.5, 0.6) is 0 Å². The molecule has 4 rings (SSSR count). The van der Waals surface area contributed by atoms with E-state index in [0.29, 0.717) is 11.4 Å². The van der Waals surface area contributed by atoms with Crippen LogP contribution in [0.15, 0.2) is 79.4 Å². The molecule has 3 N–H and O–H groups in total. The van der Waals surface area contributed by atoms with Crippen molar-refractivity contribution >= 4 is 22.2 Å². The van der Waals surface area contributed by atoms with Crippen LogP contribution < -0.4 is 5.73 Å². The van der Waals surface area contributed by atoms with Crippen molar-refractivity contribution in [2.45, 2.75) is 26.2 Å². The summed E-state index contributed by atoms with van der Waals surface area (Å²) in [5, 5.41) is 10.6. The van der Waals surface area contributed by atoms with Crippen LogP contribution in [0.25, 0.3) is 21.9 Å². The molecular formula is C25H28N4. The number of nitrogens with one attached hydrogen (secondary N) is 1. The molecule has 2 heterocycles. The molecule has 148 valence electrons. The molecule has 0 saturated heterocycles. The van der Waals surface area contributed by atoms with E-state index in [-0.39, 0.29) is 0 Å². The number of pyridine rings is 1.